The molecule has 0 unspecified atom stereocenters. The Kier molecular flexibility index (Phi) is 5.44. The van der Waals surface area contributed by atoms with Gasteiger partial charge in [0.2, 0.25) is 5.91 Å². The lowest BCUT2D eigenvalue weighted by Gasteiger charge is -2.43. The Hall–Kier alpha value is -3.93. The van der Waals surface area contributed by atoms with Gasteiger partial charge in [0.25, 0.3) is 5.91 Å². The van der Waals surface area contributed by atoms with Crippen molar-refractivity contribution in [2.24, 2.45) is 0 Å². The molecule has 2 amide bonds. The summed E-state index contributed by atoms with van der Waals surface area (Å²) in [5, 5.41) is 3.08. The van der Waals surface area contributed by atoms with Gasteiger partial charge in [-0.1, -0.05) is 71.8 Å². The van der Waals surface area contributed by atoms with E-state index in [0.717, 1.165) is 27.7 Å². The second kappa shape index (κ2) is 8.45. The first-order chi connectivity index (χ1) is 16.3. The fraction of sp³-hybridized carbons (Fsp3) is 0.250. The van der Waals surface area contributed by atoms with Crippen LogP contribution in [0.25, 0.3) is 11.0 Å². The highest BCUT2D eigenvalue weighted by atomic mass is 16.2. The minimum absolute atomic E-state index is 0.183. The summed E-state index contributed by atoms with van der Waals surface area (Å²) in [5.41, 5.74) is 4.84. The van der Waals surface area contributed by atoms with Gasteiger partial charge in [0.05, 0.1) is 17.6 Å². The van der Waals surface area contributed by atoms with Gasteiger partial charge in [0.15, 0.2) is 5.82 Å². The van der Waals surface area contributed by atoms with Crippen LogP contribution in [0.15, 0.2) is 72.8 Å². The molecule has 0 saturated heterocycles. The number of aryl methyl sites for hydroxylation is 2. The van der Waals surface area contributed by atoms with E-state index in [-0.39, 0.29) is 11.8 Å². The van der Waals surface area contributed by atoms with Gasteiger partial charge in [0, 0.05) is 13.1 Å². The number of amides is 2. The number of imidazole rings is 1. The highest BCUT2D eigenvalue weighted by molar-refractivity contribution is 6.01. The monoisotopic (exact) mass is 452 g/mol. The number of hydrogen-bond donors (Lipinski definition) is 1. The molecular weight excluding hydrogens is 424 g/mol. The number of nitrogens with zero attached hydrogens (tertiary/aromatic N) is 3. The van der Waals surface area contributed by atoms with Gasteiger partial charge in [-0.2, -0.15) is 0 Å². The number of nitrogens with one attached hydrogen (secondary N) is 1. The first-order valence-electron chi connectivity index (χ1n) is 11.5. The van der Waals surface area contributed by atoms with Crippen LogP contribution < -0.4 is 5.32 Å². The maximum absolute atomic E-state index is 13.8. The highest BCUT2D eigenvalue weighted by Gasteiger charge is 2.48. The van der Waals surface area contributed by atoms with Crippen molar-refractivity contribution in [3.05, 3.63) is 101 Å². The Labute approximate surface area is 199 Å². The summed E-state index contributed by atoms with van der Waals surface area (Å²) < 4.78 is 1.88. The van der Waals surface area contributed by atoms with Gasteiger partial charge in [0.1, 0.15) is 5.54 Å². The van der Waals surface area contributed by atoms with Crippen molar-refractivity contribution in [1.29, 1.82) is 0 Å². The zero-order chi connectivity index (χ0) is 23.9. The maximum atomic E-state index is 13.8. The summed E-state index contributed by atoms with van der Waals surface area (Å²) in [6.07, 6.45) is 0. The lowest BCUT2D eigenvalue weighted by Crippen LogP contribution is -2.63. The molecule has 1 atom stereocenters. The average Bonchev–Trinajstić information content (AvgIpc) is 3.21. The molecule has 0 aliphatic carbocycles. The van der Waals surface area contributed by atoms with Gasteiger partial charge in [-0.05, 0) is 44.0 Å². The second-order valence-corrected chi connectivity index (χ2v) is 9.33. The van der Waals surface area contributed by atoms with Gasteiger partial charge in [-0.3, -0.25) is 9.59 Å². The molecule has 5 rings (SSSR count). The fourth-order valence-corrected chi connectivity index (χ4v) is 4.53. The largest absolute Gasteiger partial charge is 0.350 e. The molecule has 0 radical (unpaired) electrons. The zero-order valence-corrected chi connectivity index (χ0v) is 19.7. The highest BCUT2D eigenvalue weighted by Crippen LogP contribution is 2.32. The van der Waals surface area contributed by atoms with E-state index < -0.39 is 5.54 Å². The maximum Gasteiger partial charge on any atom is 0.291 e. The summed E-state index contributed by atoms with van der Waals surface area (Å²) in [4.78, 5) is 33.7. The predicted molar refractivity (Wildman–Crippen MR) is 132 cm³/mol. The molecule has 172 valence electrons. The number of hydrogen-bond acceptors (Lipinski definition) is 3. The molecule has 0 spiro atoms. The molecular formula is C28H28N4O2. The van der Waals surface area contributed by atoms with Gasteiger partial charge in [-0.25, -0.2) is 4.98 Å². The Morgan fingerprint density at radius 2 is 1.56 bits per heavy atom. The molecule has 0 saturated carbocycles. The molecule has 1 aliphatic rings. The van der Waals surface area contributed by atoms with E-state index in [9.17, 15) is 9.59 Å². The SMILES string of the molecule is Cc1ccc(CNC(=O)[C@@]2(C)Cn3c(nc4ccccc43)C(=O)N2Cc2ccc(C)cc2)cc1. The van der Waals surface area contributed by atoms with Crippen LogP contribution in [0.5, 0.6) is 0 Å². The normalized spacial score (nSPS) is 17.6. The van der Waals surface area contributed by atoms with Crippen molar-refractivity contribution in [3.63, 3.8) is 0 Å². The topological polar surface area (TPSA) is 67.2 Å². The van der Waals surface area contributed by atoms with Crippen molar-refractivity contribution in [1.82, 2.24) is 19.8 Å². The quantitative estimate of drug-likeness (QED) is 0.489. The number of carbonyl (C=O) groups is 2. The van der Waals surface area contributed by atoms with Crippen LogP contribution in [0.1, 0.15) is 39.8 Å². The number of benzene rings is 3. The summed E-state index contributed by atoms with van der Waals surface area (Å²) in [5.74, 6) is -0.0508. The van der Waals surface area contributed by atoms with Crippen LogP contribution in [0.2, 0.25) is 0 Å². The molecule has 34 heavy (non-hydrogen) atoms. The number of fused-ring (bicyclic) bond motifs is 3. The van der Waals surface area contributed by atoms with E-state index >= 15 is 0 Å². The third-order valence-electron chi connectivity index (χ3n) is 6.68. The van der Waals surface area contributed by atoms with Crippen molar-refractivity contribution in [2.45, 2.75) is 45.9 Å². The second-order valence-electron chi connectivity index (χ2n) is 9.33. The van der Waals surface area contributed by atoms with Crippen LogP contribution in [0, 0.1) is 13.8 Å². The molecule has 2 heterocycles. The number of carbonyl (C=O) groups excluding carboxylic acids is 2. The van der Waals surface area contributed by atoms with E-state index in [1.54, 1.807) is 4.90 Å². The Morgan fingerprint density at radius 3 is 2.24 bits per heavy atom. The van der Waals surface area contributed by atoms with E-state index in [1.807, 2.05) is 98.1 Å². The molecule has 0 fully saturated rings. The summed E-state index contributed by atoms with van der Waals surface area (Å²) in [6, 6.07) is 23.8. The minimum Gasteiger partial charge on any atom is -0.350 e. The van der Waals surface area contributed by atoms with E-state index in [0.29, 0.717) is 25.5 Å². The lowest BCUT2D eigenvalue weighted by atomic mass is 9.94. The third kappa shape index (κ3) is 3.85. The Morgan fingerprint density at radius 1 is 0.941 bits per heavy atom. The van der Waals surface area contributed by atoms with Gasteiger partial charge in [-0.15, -0.1) is 0 Å². The summed E-state index contributed by atoms with van der Waals surface area (Å²) in [7, 11) is 0. The fourth-order valence-electron chi connectivity index (χ4n) is 4.53. The molecule has 6 nitrogen and oxygen atoms in total. The predicted octanol–water partition coefficient (Wildman–Crippen LogP) is 4.38. The molecule has 1 N–H and O–H groups in total. The molecule has 1 aromatic heterocycles. The van der Waals surface area contributed by atoms with Gasteiger partial charge >= 0.3 is 0 Å². The average molecular weight is 453 g/mol. The van der Waals surface area contributed by atoms with Crippen molar-refractivity contribution in [2.75, 3.05) is 0 Å². The number of para-hydroxylation sites is 2. The first kappa shape index (κ1) is 21.9. The molecule has 1 aliphatic heterocycles. The van der Waals surface area contributed by atoms with Crippen LogP contribution in [0.3, 0.4) is 0 Å². The third-order valence-corrected chi connectivity index (χ3v) is 6.68. The minimum atomic E-state index is -1.08. The first-order valence-corrected chi connectivity index (χ1v) is 11.5. The molecule has 0 bridgehead atoms. The molecule has 4 aromatic rings. The van der Waals surface area contributed by atoms with Crippen molar-refractivity contribution >= 4 is 22.8 Å². The Balaban J connectivity index is 1.51. The number of aromatic nitrogens is 2. The lowest BCUT2D eigenvalue weighted by molar-refractivity contribution is -0.133. The van der Waals surface area contributed by atoms with Crippen molar-refractivity contribution in [3.8, 4) is 0 Å². The zero-order valence-electron chi connectivity index (χ0n) is 19.7. The van der Waals surface area contributed by atoms with E-state index in [2.05, 4.69) is 10.3 Å². The Bertz CT molecular complexity index is 1370. The standard InChI is InChI=1S/C28H28N4O2/c1-19-8-12-21(13-9-19)16-29-27(34)28(3)18-31-24-7-5-4-6-23(24)30-25(31)26(33)32(28)17-22-14-10-20(2)11-15-22/h4-15H,16-18H2,1-3H3,(H,29,34)/t28-/m1/s1. The van der Waals surface area contributed by atoms with Crippen LogP contribution in [-0.4, -0.2) is 31.8 Å². The summed E-state index contributed by atoms with van der Waals surface area (Å²) in [6.45, 7) is 6.98. The van der Waals surface area contributed by atoms with Crippen molar-refractivity contribution < 1.29 is 9.59 Å². The van der Waals surface area contributed by atoms with E-state index in [1.165, 1.54) is 5.56 Å². The number of rotatable bonds is 5. The van der Waals surface area contributed by atoms with Crippen LogP contribution in [-0.2, 0) is 24.4 Å². The van der Waals surface area contributed by atoms with Gasteiger partial charge < -0.3 is 14.8 Å². The van der Waals surface area contributed by atoms with Crippen LogP contribution >= 0.6 is 0 Å². The molecule has 3 aromatic carbocycles. The molecule has 6 heteroatoms. The van der Waals surface area contributed by atoms with Crippen LogP contribution in [0.4, 0.5) is 0 Å². The smallest absolute Gasteiger partial charge is 0.291 e. The summed E-state index contributed by atoms with van der Waals surface area (Å²) >= 11 is 0. The van der Waals surface area contributed by atoms with E-state index in [4.69, 9.17) is 0 Å².